The Morgan fingerprint density at radius 1 is 1.53 bits per heavy atom. The van der Waals surface area contributed by atoms with Crippen molar-refractivity contribution in [3.05, 3.63) is 25.0 Å². The van der Waals surface area contributed by atoms with E-state index in [1.54, 1.807) is 0 Å². The average Bonchev–Trinajstić information content (AvgIpc) is 2.62. The molecule has 1 atom stereocenters. The smallest absolute Gasteiger partial charge is 0.203 e. The topological polar surface area (TPSA) is 29.9 Å². The molecule has 0 aliphatic rings. The van der Waals surface area contributed by atoms with Gasteiger partial charge >= 0.3 is 0 Å². The summed E-state index contributed by atoms with van der Waals surface area (Å²) in [5.41, 5.74) is 0. The molecule has 0 spiro atoms. The van der Waals surface area contributed by atoms with Crippen molar-refractivity contribution in [3.63, 3.8) is 0 Å². The summed E-state index contributed by atoms with van der Waals surface area (Å²) in [4.78, 5) is 4.27. The maximum atomic E-state index is 4.27. The van der Waals surface area contributed by atoms with Gasteiger partial charge in [0, 0.05) is 25.5 Å². The van der Waals surface area contributed by atoms with Crippen molar-refractivity contribution in [1.29, 1.82) is 0 Å². The second-order valence-corrected chi connectivity index (χ2v) is 4.29. The lowest BCUT2D eigenvalue weighted by atomic mass is 9.98. The van der Waals surface area contributed by atoms with Crippen LogP contribution < -0.4 is 5.32 Å². The molecule has 3 nitrogen and oxygen atoms in total. The highest BCUT2D eigenvalue weighted by atomic mass is 15.2. The van der Waals surface area contributed by atoms with E-state index < -0.39 is 0 Å². The maximum Gasteiger partial charge on any atom is 0.203 e. The molecular formula is C12H21N3. The van der Waals surface area contributed by atoms with Crippen LogP contribution in [-0.4, -0.2) is 16.1 Å². The Labute approximate surface area is 92.2 Å². The highest BCUT2D eigenvalue weighted by Crippen LogP contribution is 2.11. The molecule has 0 aliphatic carbocycles. The van der Waals surface area contributed by atoms with E-state index in [1.165, 1.54) is 0 Å². The van der Waals surface area contributed by atoms with Crippen molar-refractivity contribution in [3.8, 4) is 0 Å². The molecule has 1 aromatic rings. The summed E-state index contributed by atoms with van der Waals surface area (Å²) >= 11 is 0. The van der Waals surface area contributed by atoms with Gasteiger partial charge in [-0.05, 0) is 11.8 Å². The predicted octanol–water partition coefficient (Wildman–Crippen LogP) is 2.77. The van der Waals surface area contributed by atoms with E-state index in [2.05, 4.69) is 42.2 Å². The molecule has 0 bridgehead atoms. The lowest BCUT2D eigenvalue weighted by Crippen LogP contribution is -2.18. The fourth-order valence-electron chi connectivity index (χ4n) is 1.25. The van der Waals surface area contributed by atoms with Gasteiger partial charge in [-0.2, -0.15) is 0 Å². The molecule has 3 heteroatoms. The van der Waals surface area contributed by atoms with Crippen LogP contribution in [-0.2, 0) is 6.54 Å². The molecule has 84 valence electrons. The van der Waals surface area contributed by atoms with Crippen LogP contribution in [0.2, 0.25) is 0 Å². The minimum absolute atomic E-state index is 0.652. The zero-order valence-electron chi connectivity index (χ0n) is 9.90. The van der Waals surface area contributed by atoms with Gasteiger partial charge in [-0.1, -0.05) is 26.8 Å². The monoisotopic (exact) mass is 207 g/mol. The second-order valence-electron chi connectivity index (χ2n) is 4.29. The molecule has 1 N–H and O–H groups in total. The Bertz CT molecular complexity index is 302. The third kappa shape index (κ3) is 3.42. The van der Waals surface area contributed by atoms with Crippen LogP contribution >= 0.6 is 0 Å². The Morgan fingerprint density at radius 3 is 2.87 bits per heavy atom. The average molecular weight is 207 g/mol. The van der Waals surface area contributed by atoms with Crippen molar-refractivity contribution in [2.45, 2.75) is 27.3 Å². The van der Waals surface area contributed by atoms with E-state index in [0.717, 1.165) is 19.0 Å². The van der Waals surface area contributed by atoms with Crippen molar-refractivity contribution in [1.82, 2.24) is 9.55 Å². The standard InChI is InChI=1S/C12H21N3/c1-5-7-15-8-6-13-12(15)14-9-11(4)10(2)3/h5-6,8,10-11H,1,7,9H2,2-4H3,(H,13,14). The fraction of sp³-hybridized carbons (Fsp3) is 0.583. The number of aromatic nitrogens is 2. The van der Waals surface area contributed by atoms with Crippen molar-refractivity contribution in [2.24, 2.45) is 11.8 Å². The van der Waals surface area contributed by atoms with Crippen LogP contribution in [0.3, 0.4) is 0 Å². The third-order valence-electron chi connectivity index (χ3n) is 2.76. The zero-order chi connectivity index (χ0) is 11.3. The largest absolute Gasteiger partial charge is 0.355 e. The lowest BCUT2D eigenvalue weighted by molar-refractivity contribution is 0.438. The van der Waals surface area contributed by atoms with Gasteiger partial charge in [-0.25, -0.2) is 4.98 Å². The number of hydrogen-bond acceptors (Lipinski definition) is 2. The maximum absolute atomic E-state index is 4.27. The van der Waals surface area contributed by atoms with Crippen LogP contribution in [0.5, 0.6) is 0 Å². The van der Waals surface area contributed by atoms with E-state index >= 15 is 0 Å². The number of allylic oxidation sites excluding steroid dienone is 1. The van der Waals surface area contributed by atoms with Crippen LogP contribution in [0.25, 0.3) is 0 Å². The van der Waals surface area contributed by atoms with E-state index in [0.29, 0.717) is 11.8 Å². The number of anilines is 1. The summed E-state index contributed by atoms with van der Waals surface area (Å²) in [6.45, 7) is 12.2. The summed E-state index contributed by atoms with van der Waals surface area (Å²) in [6.07, 6.45) is 5.65. The van der Waals surface area contributed by atoms with Crippen molar-refractivity contribution >= 4 is 5.95 Å². The van der Waals surface area contributed by atoms with E-state index in [-0.39, 0.29) is 0 Å². The van der Waals surface area contributed by atoms with Gasteiger partial charge < -0.3 is 9.88 Å². The minimum atomic E-state index is 0.652. The van der Waals surface area contributed by atoms with E-state index in [1.807, 2.05) is 18.5 Å². The van der Waals surface area contributed by atoms with E-state index in [9.17, 15) is 0 Å². The van der Waals surface area contributed by atoms with Crippen LogP contribution in [0.4, 0.5) is 5.95 Å². The Morgan fingerprint density at radius 2 is 2.27 bits per heavy atom. The quantitative estimate of drug-likeness (QED) is 0.727. The molecule has 0 radical (unpaired) electrons. The van der Waals surface area contributed by atoms with Crippen LogP contribution in [0.15, 0.2) is 25.0 Å². The number of nitrogens with zero attached hydrogens (tertiary/aromatic N) is 2. The molecule has 0 saturated carbocycles. The Kier molecular flexibility index (Phi) is 4.40. The molecule has 0 saturated heterocycles. The molecule has 1 unspecified atom stereocenters. The first-order chi connectivity index (χ1) is 7.15. The molecule has 15 heavy (non-hydrogen) atoms. The lowest BCUT2D eigenvalue weighted by Gasteiger charge is -2.16. The highest BCUT2D eigenvalue weighted by Gasteiger charge is 2.08. The zero-order valence-corrected chi connectivity index (χ0v) is 9.90. The Balaban J connectivity index is 2.49. The summed E-state index contributed by atoms with van der Waals surface area (Å²) in [7, 11) is 0. The van der Waals surface area contributed by atoms with Gasteiger partial charge in [-0.15, -0.1) is 6.58 Å². The van der Waals surface area contributed by atoms with Crippen LogP contribution in [0, 0.1) is 11.8 Å². The molecule has 1 aromatic heterocycles. The van der Waals surface area contributed by atoms with Gasteiger partial charge in [-0.3, -0.25) is 0 Å². The number of hydrogen-bond donors (Lipinski definition) is 1. The SMILES string of the molecule is C=CCn1ccnc1NCC(C)C(C)C. The van der Waals surface area contributed by atoms with E-state index in [4.69, 9.17) is 0 Å². The molecule has 1 rings (SSSR count). The molecule has 0 aliphatic heterocycles. The van der Waals surface area contributed by atoms with Gasteiger partial charge in [0.05, 0.1) is 0 Å². The van der Waals surface area contributed by atoms with Gasteiger partial charge in [0.2, 0.25) is 5.95 Å². The van der Waals surface area contributed by atoms with Crippen molar-refractivity contribution in [2.75, 3.05) is 11.9 Å². The summed E-state index contributed by atoms with van der Waals surface area (Å²) in [6, 6.07) is 0. The van der Waals surface area contributed by atoms with Crippen LogP contribution in [0.1, 0.15) is 20.8 Å². The summed E-state index contributed by atoms with van der Waals surface area (Å²) in [5, 5.41) is 3.36. The molecule has 0 aromatic carbocycles. The third-order valence-corrected chi connectivity index (χ3v) is 2.76. The second kappa shape index (κ2) is 5.59. The van der Waals surface area contributed by atoms with Crippen molar-refractivity contribution < 1.29 is 0 Å². The number of rotatable bonds is 6. The van der Waals surface area contributed by atoms with Gasteiger partial charge in [0.15, 0.2) is 0 Å². The number of imidazole rings is 1. The Hall–Kier alpha value is -1.25. The summed E-state index contributed by atoms with van der Waals surface area (Å²) < 4.78 is 2.06. The molecular weight excluding hydrogens is 186 g/mol. The van der Waals surface area contributed by atoms with Gasteiger partial charge in [0.25, 0.3) is 0 Å². The fourth-order valence-corrected chi connectivity index (χ4v) is 1.25. The predicted molar refractivity (Wildman–Crippen MR) is 64.9 cm³/mol. The molecule has 1 heterocycles. The first kappa shape index (κ1) is 11.8. The normalized spacial score (nSPS) is 12.8. The number of nitrogens with one attached hydrogen (secondary N) is 1. The first-order valence-electron chi connectivity index (χ1n) is 5.51. The molecule has 0 fully saturated rings. The molecule has 0 amide bonds. The minimum Gasteiger partial charge on any atom is -0.355 e. The highest BCUT2D eigenvalue weighted by molar-refractivity contribution is 5.26. The van der Waals surface area contributed by atoms with Gasteiger partial charge in [0.1, 0.15) is 0 Å². The summed E-state index contributed by atoms with van der Waals surface area (Å²) in [5.74, 6) is 2.28. The first-order valence-corrected chi connectivity index (χ1v) is 5.51.